The fourth-order valence-electron chi connectivity index (χ4n) is 2.61. The fourth-order valence-corrected chi connectivity index (χ4v) is 3.41. The summed E-state index contributed by atoms with van der Waals surface area (Å²) in [6, 6.07) is 6.60. The zero-order valence-electron chi connectivity index (χ0n) is 14.9. The van der Waals surface area contributed by atoms with Gasteiger partial charge in [-0.1, -0.05) is 11.8 Å². The number of ether oxygens (including phenoxy) is 1. The standard InChI is InChI=1S/C18H20FNO6S/c1-18(16(21)22,27(2,24)25)11-15-12-20(17(23)26-15)14-8-6-13(7-9-14)5-3-4-10-19/h6-9,15H,4,10-12H2,1-2H3,(H,21,22). The number of sulfone groups is 1. The molecule has 1 aromatic carbocycles. The molecule has 1 N–H and O–H groups in total. The highest BCUT2D eigenvalue weighted by atomic mass is 32.2. The van der Waals surface area contributed by atoms with Gasteiger partial charge in [-0.05, 0) is 31.2 Å². The smallest absolute Gasteiger partial charge is 0.414 e. The number of hydrogen-bond acceptors (Lipinski definition) is 5. The van der Waals surface area contributed by atoms with Crippen LogP contribution in [-0.4, -0.2) is 55.9 Å². The molecule has 0 saturated carbocycles. The molecular weight excluding hydrogens is 377 g/mol. The van der Waals surface area contributed by atoms with Gasteiger partial charge in [0.15, 0.2) is 14.6 Å². The van der Waals surface area contributed by atoms with Crippen LogP contribution in [0.25, 0.3) is 0 Å². The van der Waals surface area contributed by atoms with E-state index in [9.17, 15) is 27.5 Å². The average Bonchev–Trinajstić information content (AvgIpc) is 2.94. The van der Waals surface area contributed by atoms with Crippen LogP contribution >= 0.6 is 0 Å². The van der Waals surface area contributed by atoms with Crippen molar-refractivity contribution in [2.45, 2.75) is 30.6 Å². The summed E-state index contributed by atoms with van der Waals surface area (Å²) in [5.74, 6) is 3.96. The molecule has 0 spiro atoms. The van der Waals surface area contributed by atoms with E-state index in [1.54, 1.807) is 24.3 Å². The van der Waals surface area contributed by atoms with E-state index in [0.29, 0.717) is 11.3 Å². The maximum Gasteiger partial charge on any atom is 0.414 e. The lowest BCUT2D eigenvalue weighted by atomic mass is 10.0. The van der Waals surface area contributed by atoms with Crippen molar-refractivity contribution in [2.24, 2.45) is 0 Å². The summed E-state index contributed by atoms with van der Waals surface area (Å²) in [5, 5.41) is 9.33. The lowest BCUT2D eigenvalue weighted by molar-refractivity contribution is -0.140. The van der Waals surface area contributed by atoms with Gasteiger partial charge in [0, 0.05) is 30.3 Å². The van der Waals surface area contributed by atoms with E-state index in [0.717, 1.165) is 13.2 Å². The molecular formula is C18H20FNO6S. The molecule has 1 aliphatic rings. The first-order chi connectivity index (χ1) is 12.6. The third kappa shape index (κ3) is 4.57. The zero-order chi connectivity index (χ0) is 20.2. The molecule has 2 atom stereocenters. The molecule has 0 bridgehead atoms. The predicted molar refractivity (Wildman–Crippen MR) is 97.0 cm³/mol. The number of cyclic esters (lactones) is 1. The third-order valence-corrected chi connectivity index (χ3v) is 6.37. The Morgan fingerprint density at radius 1 is 1.41 bits per heavy atom. The maximum absolute atomic E-state index is 12.1. The Kier molecular flexibility index (Phi) is 6.11. The van der Waals surface area contributed by atoms with Crippen LogP contribution in [0.5, 0.6) is 0 Å². The molecule has 9 heteroatoms. The molecule has 146 valence electrons. The monoisotopic (exact) mass is 397 g/mol. The van der Waals surface area contributed by atoms with E-state index >= 15 is 0 Å². The predicted octanol–water partition coefficient (Wildman–Crippen LogP) is 2.00. The first-order valence-electron chi connectivity index (χ1n) is 8.14. The van der Waals surface area contributed by atoms with Crippen LogP contribution in [-0.2, 0) is 19.4 Å². The van der Waals surface area contributed by atoms with Crippen molar-refractivity contribution >= 4 is 27.6 Å². The summed E-state index contributed by atoms with van der Waals surface area (Å²) in [6.45, 7) is 0.616. The van der Waals surface area contributed by atoms with Crippen molar-refractivity contribution in [1.82, 2.24) is 0 Å². The summed E-state index contributed by atoms with van der Waals surface area (Å²) in [4.78, 5) is 24.9. The number of carboxylic acids is 1. The van der Waals surface area contributed by atoms with E-state index in [1.165, 1.54) is 4.90 Å². The van der Waals surface area contributed by atoms with Crippen LogP contribution in [0, 0.1) is 11.8 Å². The average molecular weight is 397 g/mol. The van der Waals surface area contributed by atoms with E-state index in [4.69, 9.17) is 4.74 Å². The number of anilines is 1. The first-order valence-corrected chi connectivity index (χ1v) is 10.0. The minimum Gasteiger partial charge on any atom is -0.480 e. The molecule has 1 saturated heterocycles. The van der Waals surface area contributed by atoms with Gasteiger partial charge in [0.25, 0.3) is 0 Å². The van der Waals surface area contributed by atoms with Gasteiger partial charge in [-0.2, -0.15) is 0 Å². The Morgan fingerprint density at radius 2 is 2.04 bits per heavy atom. The number of amides is 1. The number of alkyl halides is 1. The second-order valence-corrected chi connectivity index (χ2v) is 8.86. The van der Waals surface area contributed by atoms with Gasteiger partial charge in [0.1, 0.15) is 12.8 Å². The van der Waals surface area contributed by atoms with E-state index in [-0.39, 0.29) is 19.4 Å². The van der Waals surface area contributed by atoms with Gasteiger partial charge in [-0.15, -0.1) is 0 Å². The Labute approximate surface area is 157 Å². The van der Waals surface area contributed by atoms with Gasteiger partial charge in [0.2, 0.25) is 0 Å². The largest absolute Gasteiger partial charge is 0.480 e. The Hall–Kier alpha value is -2.60. The topological polar surface area (TPSA) is 101 Å². The molecule has 2 rings (SSSR count). The van der Waals surface area contributed by atoms with Crippen LogP contribution in [0.1, 0.15) is 25.3 Å². The molecule has 1 heterocycles. The number of carbonyl (C=O) groups is 2. The van der Waals surface area contributed by atoms with E-state index in [2.05, 4.69) is 11.8 Å². The highest BCUT2D eigenvalue weighted by Crippen LogP contribution is 2.30. The third-order valence-electron chi connectivity index (χ3n) is 4.39. The van der Waals surface area contributed by atoms with Crippen LogP contribution in [0.15, 0.2) is 24.3 Å². The second kappa shape index (κ2) is 7.96. The van der Waals surface area contributed by atoms with Crippen molar-refractivity contribution in [3.05, 3.63) is 29.8 Å². The van der Waals surface area contributed by atoms with Crippen molar-refractivity contribution in [1.29, 1.82) is 0 Å². The molecule has 1 aromatic rings. The van der Waals surface area contributed by atoms with Crippen LogP contribution < -0.4 is 4.90 Å². The Bertz CT molecular complexity index is 887. The molecule has 0 radical (unpaired) electrons. The lowest BCUT2D eigenvalue weighted by Gasteiger charge is -2.24. The molecule has 1 amide bonds. The van der Waals surface area contributed by atoms with Gasteiger partial charge in [-0.25, -0.2) is 13.2 Å². The summed E-state index contributed by atoms with van der Waals surface area (Å²) < 4.78 is 38.9. The summed E-state index contributed by atoms with van der Waals surface area (Å²) >= 11 is 0. The molecule has 27 heavy (non-hydrogen) atoms. The summed E-state index contributed by atoms with van der Waals surface area (Å²) in [7, 11) is -3.92. The number of aliphatic carboxylic acids is 1. The van der Waals surface area contributed by atoms with Gasteiger partial charge < -0.3 is 9.84 Å². The van der Waals surface area contributed by atoms with Crippen LogP contribution in [0.2, 0.25) is 0 Å². The number of rotatable bonds is 6. The van der Waals surface area contributed by atoms with Gasteiger partial charge in [-0.3, -0.25) is 14.1 Å². The highest BCUT2D eigenvalue weighted by molar-refractivity contribution is 7.92. The van der Waals surface area contributed by atoms with Crippen LogP contribution in [0.3, 0.4) is 0 Å². The van der Waals surface area contributed by atoms with Gasteiger partial charge >= 0.3 is 12.1 Å². The Balaban J connectivity index is 2.14. The molecule has 0 aliphatic carbocycles. The molecule has 7 nitrogen and oxygen atoms in total. The number of hydrogen-bond donors (Lipinski definition) is 1. The summed E-state index contributed by atoms with van der Waals surface area (Å²) in [5.41, 5.74) is 1.17. The molecule has 1 aliphatic heterocycles. The molecule has 0 aromatic heterocycles. The first kappa shape index (κ1) is 20.7. The quantitative estimate of drug-likeness (QED) is 0.737. The normalized spacial score (nSPS) is 19.0. The fraction of sp³-hybridized carbons (Fsp3) is 0.444. The summed E-state index contributed by atoms with van der Waals surface area (Å²) in [6.07, 6.45) is -0.922. The zero-order valence-corrected chi connectivity index (χ0v) is 15.8. The van der Waals surface area contributed by atoms with Crippen molar-refractivity contribution in [3.63, 3.8) is 0 Å². The van der Waals surface area contributed by atoms with Gasteiger partial charge in [0.05, 0.1) is 6.54 Å². The highest BCUT2D eigenvalue weighted by Gasteiger charge is 2.48. The Morgan fingerprint density at radius 3 is 2.56 bits per heavy atom. The number of carbonyl (C=O) groups excluding carboxylic acids is 1. The number of carboxylic acid groups (broad SMARTS) is 1. The van der Waals surface area contributed by atoms with E-state index in [1.807, 2.05) is 0 Å². The SMILES string of the molecule is CC(CC1CN(c2ccc(C#CCCF)cc2)C(=O)O1)(C(=O)O)S(C)(=O)=O. The van der Waals surface area contributed by atoms with Crippen molar-refractivity contribution in [2.75, 3.05) is 24.4 Å². The second-order valence-electron chi connectivity index (χ2n) is 6.42. The minimum atomic E-state index is -3.92. The minimum absolute atomic E-state index is 0.0318. The number of nitrogens with zero attached hydrogens (tertiary/aromatic N) is 1. The van der Waals surface area contributed by atoms with Crippen molar-refractivity contribution < 1.29 is 32.2 Å². The molecule has 2 unspecified atom stereocenters. The van der Waals surface area contributed by atoms with E-state index < -0.39 is 39.4 Å². The van der Waals surface area contributed by atoms with Crippen LogP contribution in [0.4, 0.5) is 14.9 Å². The number of benzene rings is 1. The van der Waals surface area contributed by atoms with Crippen molar-refractivity contribution in [3.8, 4) is 11.8 Å². The number of halogens is 1. The maximum atomic E-state index is 12.1. The molecule has 1 fully saturated rings. The lowest BCUT2D eigenvalue weighted by Crippen LogP contribution is -2.46.